The first-order valence-electron chi connectivity index (χ1n) is 13.3. The van der Waals surface area contributed by atoms with Gasteiger partial charge in [-0.05, 0) is 50.9 Å². The van der Waals surface area contributed by atoms with Gasteiger partial charge < -0.3 is 24.5 Å². The molecule has 3 heterocycles. The Hall–Kier alpha value is -3.80. The van der Waals surface area contributed by atoms with E-state index in [9.17, 15) is 22.8 Å². The number of benzene rings is 2. The van der Waals surface area contributed by atoms with Crippen LogP contribution in [-0.2, 0) is 14.4 Å². The van der Waals surface area contributed by atoms with Crippen LogP contribution in [0.4, 0.5) is 18.9 Å². The minimum absolute atomic E-state index is 0.0809. The number of nitrogens with one attached hydrogen (secondary N) is 1. The lowest BCUT2D eigenvalue weighted by atomic mass is 10.0. The zero-order valence-electron chi connectivity index (χ0n) is 22.1. The van der Waals surface area contributed by atoms with Crippen molar-refractivity contribution in [3.05, 3.63) is 36.4 Å². The SMILES string of the molecule is COc1cc2c(NC3CCC(=O)N(OC(=O)C(F)(F)F)C3)c3ccccc3nc2cc1OCCCN1CCCC1. The van der Waals surface area contributed by atoms with Crippen LogP contribution in [0.2, 0.25) is 0 Å². The minimum atomic E-state index is -5.21. The molecule has 3 aromatic rings. The van der Waals surface area contributed by atoms with Gasteiger partial charge in [0.1, 0.15) is 0 Å². The Kier molecular flexibility index (Phi) is 8.15. The fourth-order valence-corrected chi connectivity index (χ4v) is 5.18. The monoisotopic (exact) mass is 560 g/mol. The average Bonchev–Trinajstić information content (AvgIpc) is 3.45. The van der Waals surface area contributed by atoms with Gasteiger partial charge in [-0.1, -0.05) is 18.2 Å². The molecule has 0 aliphatic carbocycles. The summed E-state index contributed by atoms with van der Waals surface area (Å²) >= 11 is 0. The first-order chi connectivity index (χ1) is 19.2. The van der Waals surface area contributed by atoms with E-state index in [0.717, 1.165) is 36.8 Å². The van der Waals surface area contributed by atoms with E-state index in [1.807, 2.05) is 36.4 Å². The Bertz CT molecular complexity index is 1390. The third-order valence-corrected chi connectivity index (χ3v) is 7.18. The number of anilines is 1. The molecule has 2 aliphatic rings. The van der Waals surface area contributed by atoms with Gasteiger partial charge in [0.2, 0.25) is 0 Å². The number of halogens is 3. The van der Waals surface area contributed by atoms with Crippen molar-refractivity contribution in [2.45, 2.75) is 44.3 Å². The number of hydroxylamine groups is 2. The summed E-state index contributed by atoms with van der Waals surface area (Å²) in [5.41, 5.74) is 2.03. The Morgan fingerprint density at radius 2 is 1.88 bits per heavy atom. The van der Waals surface area contributed by atoms with Gasteiger partial charge >= 0.3 is 12.1 Å². The van der Waals surface area contributed by atoms with Gasteiger partial charge in [-0.25, -0.2) is 9.78 Å². The first-order valence-corrected chi connectivity index (χ1v) is 13.3. The second-order valence-corrected chi connectivity index (χ2v) is 9.99. The van der Waals surface area contributed by atoms with E-state index in [2.05, 4.69) is 15.1 Å². The van der Waals surface area contributed by atoms with Crippen molar-refractivity contribution >= 4 is 39.4 Å². The van der Waals surface area contributed by atoms with E-state index in [0.29, 0.717) is 46.3 Å². The molecule has 1 N–H and O–H groups in total. The summed E-state index contributed by atoms with van der Waals surface area (Å²) < 4.78 is 49.9. The van der Waals surface area contributed by atoms with Crippen LogP contribution >= 0.6 is 0 Å². The van der Waals surface area contributed by atoms with Crippen LogP contribution in [0.5, 0.6) is 11.5 Å². The molecule has 40 heavy (non-hydrogen) atoms. The number of hydrogen-bond acceptors (Lipinski definition) is 8. The fourth-order valence-electron chi connectivity index (χ4n) is 5.18. The average molecular weight is 561 g/mol. The molecule has 1 atom stereocenters. The zero-order chi connectivity index (χ0) is 28.3. The molecule has 9 nitrogen and oxygen atoms in total. The van der Waals surface area contributed by atoms with Crippen molar-refractivity contribution in [3.8, 4) is 11.5 Å². The lowest BCUT2D eigenvalue weighted by Gasteiger charge is -2.32. The number of carbonyl (C=O) groups excluding carboxylic acids is 2. The largest absolute Gasteiger partial charge is 0.493 e. The summed E-state index contributed by atoms with van der Waals surface area (Å²) in [6.07, 6.45) is -1.58. The van der Waals surface area contributed by atoms with Crippen molar-refractivity contribution in [2.24, 2.45) is 0 Å². The molecule has 2 fully saturated rings. The van der Waals surface area contributed by atoms with E-state index >= 15 is 0 Å². The van der Waals surface area contributed by atoms with Crippen LogP contribution in [0.3, 0.4) is 0 Å². The molecule has 5 rings (SSSR count). The number of methoxy groups -OCH3 is 1. The maximum Gasteiger partial charge on any atom is 0.493 e. The van der Waals surface area contributed by atoms with Crippen LogP contribution < -0.4 is 14.8 Å². The number of nitrogens with zero attached hydrogens (tertiary/aromatic N) is 3. The Labute approximate surface area is 229 Å². The van der Waals surface area contributed by atoms with Gasteiger partial charge in [0.05, 0.1) is 37.0 Å². The second-order valence-electron chi connectivity index (χ2n) is 9.99. The third-order valence-electron chi connectivity index (χ3n) is 7.18. The maximum atomic E-state index is 12.7. The van der Waals surface area contributed by atoms with E-state index in [4.69, 9.17) is 14.5 Å². The number of alkyl halides is 3. The maximum absolute atomic E-state index is 12.7. The molecule has 0 spiro atoms. The summed E-state index contributed by atoms with van der Waals surface area (Å²) in [6, 6.07) is 10.6. The van der Waals surface area contributed by atoms with Gasteiger partial charge in [0.25, 0.3) is 5.91 Å². The highest BCUT2D eigenvalue weighted by molar-refractivity contribution is 6.08. The lowest BCUT2D eigenvalue weighted by Crippen LogP contribution is -2.48. The number of likely N-dealkylation sites (tertiary alicyclic amines) is 1. The van der Waals surface area contributed by atoms with Crippen molar-refractivity contribution in [1.29, 1.82) is 0 Å². The van der Waals surface area contributed by atoms with E-state index in [-0.39, 0.29) is 13.0 Å². The molecule has 12 heteroatoms. The number of hydrogen-bond donors (Lipinski definition) is 1. The van der Waals surface area contributed by atoms with Gasteiger partial charge in [-0.15, -0.1) is 0 Å². The molecule has 0 bridgehead atoms. The highest BCUT2D eigenvalue weighted by atomic mass is 19.4. The minimum Gasteiger partial charge on any atom is -0.493 e. The summed E-state index contributed by atoms with van der Waals surface area (Å²) in [5, 5.41) is 5.36. The molecule has 2 saturated heterocycles. The number of piperidine rings is 1. The van der Waals surface area contributed by atoms with Crippen molar-refractivity contribution in [3.63, 3.8) is 0 Å². The molecule has 1 aromatic heterocycles. The Balaban J connectivity index is 1.40. The predicted molar refractivity (Wildman–Crippen MR) is 142 cm³/mol. The zero-order valence-corrected chi connectivity index (χ0v) is 22.1. The molecular formula is C28H31F3N4O5. The molecule has 214 valence electrons. The Morgan fingerprint density at radius 3 is 2.62 bits per heavy atom. The van der Waals surface area contributed by atoms with Gasteiger partial charge in [-0.3, -0.25) is 4.79 Å². The number of amides is 1. The molecule has 2 aromatic carbocycles. The smallest absolute Gasteiger partial charge is 0.493 e. The third kappa shape index (κ3) is 6.16. The van der Waals surface area contributed by atoms with Crippen LogP contribution in [0.15, 0.2) is 36.4 Å². The molecule has 1 unspecified atom stereocenters. The number of ether oxygens (including phenoxy) is 2. The van der Waals surface area contributed by atoms with Crippen LogP contribution in [0.25, 0.3) is 21.8 Å². The van der Waals surface area contributed by atoms with Gasteiger partial charge in [-0.2, -0.15) is 18.2 Å². The number of rotatable bonds is 9. The quantitative estimate of drug-likeness (QED) is 0.298. The van der Waals surface area contributed by atoms with E-state index in [1.165, 1.54) is 12.8 Å². The number of para-hydroxylation sites is 1. The standard InChI is InChI=1S/C28H31F3N4O5/c1-38-23-15-20-22(16-24(23)39-14-6-13-34-11-4-5-12-34)33-21-8-3-2-7-19(21)26(20)32-18-9-10-25(36)35(17-18)40-27(37)28(29,30)31/h2-3,7-8,15-16,18H,4-6,9-14,17H2,1H3,(H,32,33). The number of pyridine rings is 1. The lowest BCUT2D eigenvalue weighted by molar-refractivity contribution is -0.239. The highest BCUT2D eigenvalue weighted by Gasteiger charge is 2.44. The number of fused-ring (bicyclic) bond motifs is 2. The van der Waals surface area contributed by atoms with Gasteiger partial charge in [0, 0.05) is 35.8 Å². The second kappa shape index (κ2) is 11.7. The normalized spacial score (nSPS) is 18.4. The topological polar surface area (TPSA) is 93.2 Å². The van der Waals surface area contributed by atoms with Crippen molar-refractivity contribution < 1.29 is 37.1 Å². The Morgan fingerprint density at radius 1 is 1.10 bits per heavy atom. The summed E-state index contributed by atoms with van der Waals surface area (Å²) in [4.78, 5) is 35.2. The summed E-state index contributed by atoms with van der Waals surface area (Å²) in [5.74, 6) is -2.03. The molecule has 2 aliphatic heterocycles. The molecule has 1 amide bonds. The predicted octanol–water partition coefficient (Wildman–Crippen LogP) is 4.68. The van der Waals surface area contributed by atoms with Gasteiger partial charge in [0.15, 0.2) is 11.5 Å². The van der Waals surface area contributed by atoms with Crippen LogP contribution in [0.1, 0.15) is 32.1 Å². The molecule has 0 radical (unpaired) electrons. The highest BCUT2D eigenvalue weighted by Crippen LogP contribution is 2.39. The summed E-state index contributed by atoms with van der Waals surface area (Å²) in [7, 11) is 1.56. The van der Waals surface area contributed by atoms with Crippen LogP contribution in [0, 0.1) is 0 Å². The van der Waals surface area contributed by atoms with Crippen LogP contribution in [-0.4, -0.2) is 78.9 Å². The number of carbonyl (C=O) groups is 2. The first kappa shape index (κ1) is 27.8. The van der Waals surface area contributed by atoms with E-state index in [1.54, 1.807) is 7.11 Å². The van der Waals surface area contributed by atoms with E-state index < -0.39 is 24.1 Å². The fraction of sp³-hybridized carbons (Fsp3) is 0.464. The molecular weight excluding hydrogens is 529 g/mol. The number of aromatic nitrogens is 1. The van der Waals surface area contributed by atoms with Crippen molar-refractivity contribution in [1.82, 2.24) is 14.9 Å². The molecule has 0 saturated carbocycles. The summed E-state index contributed by atoms with van der Waals surface area (Å²) in [6.45, 7) is 3.52. The van der Waals surface area contributed by atoms with Crippen molar-refractivity contribution in [2.75, 3.05) is 45.2 Å².